The minimum atomic E-state index is -0.112. The van der Waals surface area contributed by atoms with Crippen LogP contribution in [-0.4, -0.2) is 10.8 Å². The zero-order valence-electron chi connectivity index (χ0n) is 9.76. The number of benzene rings is 1. The summed E-state index contributed by atoms with van der Waals surface area (Å²) < 4.78 is 0.788. The molecule has 0 unspecified atom stereocenters. The third kappa shape index (κ3) is 2.15. The van der Waals surface area contributed by atoms with Gasteiger partial charge in [-0.2, -0.15) is 0 Å². The van der Waals surface area contributed by atoms with Gasteiger partial charge in [0.2, 0.25) is 5.78 Å². The number of nitrogens with two attached hydrogens (primary N) is 1. The number of nitrogen functional groups attached to an aromatic ring is 1. The van der Waals surface area contributed by atoms with Gasteiger partial charge in [0, 0.05) is 15.5 Å². The number of hydrogen-bond donors (Lipinski definition) is 1. The van der Waals surface area contributed by atoms with E-state index in [1.54, 1.807) is 6.07 Å². The minimum Gasteiger partial charge on any atom is -0.398 e. The van der Waals surface area contributed by atoms with Crippen LogP contribution in [0, 0.1) is 0 Å². The molecule has 3 nitrogen and oxygen atoms in total. The van der Waals surface area contributed by atoms with Crippen molar-refractivity contribution >= 4 is 49.6 Å². The van der Waals surface area contributed by atoms with Gasteiger partial charge in [-0.25, -0.2) is 4.98 Å². The Morgan fingerprint density at radius 1 is 1.26 bits per heavy atom. The smallest absolute Gasteiger partial charge is 0.222 e. The number of anilines is 1. The van der Waals surface area contributed by atoms with Crippen LogP contribution in [0.5, 0.6) is 0 Å². The molecule has 2 N–H and O–H groups in total. The normalized spacial score (nSPS) is 10.8. The molecule has 94 valence electrons. The highest BCUT2D eigenvalue weighted by atomic mass is 79.9. The predicted octanol–water partition coefficient (Wildman–Crippen LogP) is 3.87. The number of aromatic nitrogens is 1. The molecular formula is C14H9BrN2OS. The minimum absolute atomic E-state index is 0.112. The lowest BCUT2D eigenvalue weighted by atomic mass is 10.1. The standard InChI is InChI=1S/C14H9BrN2OS/c15-9-5-6-19-14(9)13(18)12-7-10(16)8-3-1-2-4-11(8)17-12/h1-7H,(H2,16,17). The molecule has 0 atom stereocenters. The van der Waals surface area contributed by atoms with Crippen LogP contribution in [0.2, 0.25) is 0 Å². The van der Waals surface area contributed by atoms with Crippen LogP contribution in [0.3, 0.4) is 0 Å². The summed E-state index contributed by atoms with van der Waals surface area (Å²) in [6.45, 7) is 0. The van der Waals surface area contributed by atoms with Gasteiger partial charge in [0.1, 0.15) is 5.69 Å². The second-order valence-corrected chi connectivity index (χ2v) is 5.81. The first-order chi connectivity index (χ1) is 9.16. The number of nitrogens with zero attached hydrogens (tertiary/aromatic N) is 1. The van der Waals surface area contributed by atoms with Gasteiger partial charge in [0.25, 0.3) is 0 Å². The van der Waals surface area contributed by atoms with Crippen molar-refractivity contribution in [2.45, 2.75) is 0 Å². The Morgan fingerprint density at radius 2 is 2.05 bits per heavy atom. The molecule has 0 saturated heterocycles. The number of hydrogen-bond acceptors (Lipinski definition) is 4. The van der Waals surface area contributed by atoms with Gasteiger partial charge in [0.15, 0.2) is 0 Å². The van der Waals surface area contributed by atoms with Crippen LogP contribution in [0.1, 0.15) is 15.4 Å². The summed E-state index contributed by atoms with van der Waals surface area (Å²) in [5.41, 5.74) is 7.67. The molecule has 0 saturated carbocycles. The monoisotopic (exact) mass is 332 g/mol. The van der Waals surface area contributed by atoms with E-state index in [9.17, 15) is 4.79 Å². The first kappa shape index (κ1) is 12.3. The van der Waals surface area contributed by atoms with E-state index in [2.05, 4.69) is 20.9 Å². The summed E-state index contributed by atoms with van der Waals surface area (Å²) in [6, 6.07) is 11.0. The molecule has 0 spiro atoms. The third-order valence-electron chi connectivity index (χ3n) is 2.80. The molecule has 2 heterocycles. The lowest BCUT2D eigenvalue weighted by Crippen LogP contribution is -2.04. The third-order valence-corrected chi connectivity index (χ3v) is 4.64. The van der Waals surface area contributed by atoms with Crippen LogP contribution in [0.15, 0.2) is 46.3 Å². The Labute approximate surface area is 122 Å². The number of fused-ring (bicyclic) bond motifs is 1. The van der Waals surface area contributed by atoms with Gasteiger partial charge in [-0.15, -0.1) is 11.3 Å². The molecule has 0 aliphatic carbocycles. The van der Waals surface area contributed by atoms with Crippen LogP contribution in [0.4, 0.5) is 5.69 Å². The van der Waals surface area contributed by atoms with Crippen LogP contribution < -0.4 is 5.73 Å². The lowest BCUT2D eigenvalue weighted by molar-refractivity contribution is 0.103. The van der Waals surface area contributed by atoms with E-state index in [1.165, 1.54) is 11.3 Å². The topological polar surface area (TPSA) is 56.0 Å². The Morgan fingerprint density at radius 3 is 2.79 bits per heavy atom. The van der Waals surface area contributed by atoms with Gasteiger partial charge >= 0.3 is 0 Å². The highest BCUT2D eigenvalue weighted by Crippen LogP contribution is 2.27. The van der Waals surface area contributed by atoms with Gasteiger partial charge in [-0.1, -0.05) is 18.2 Å². The SMILES string of the molecule is Nc1cc(C(=O)c2sccc2Br)nc2ccccc12. The summed E-state index contributed by atoms with van der Waals surface area (Å²) in [6.07, 6.45) is 0. The highest BCUT2D eigenvalue weighted by molar-refractivity contribution is 9.10. The van der Waals surface area contributed by atoms with Crippen molar-refractivity contribution in [2.75, 3.05) is 5.73 Å². The molecule has 0 aliphatic rings. The van der Waals surface area contributed by atoms with Gasteiger partial charge < -0.3 is 5.73 Å². The van der Waals surface area contributed by atoms with Crippen molar-refractivity contribution in [3.8, 4) is 0 Å². The maximum Gasteiger partial charge on any atom is 0.222 e. The number of para-hydroxylation sites is 1. The van der Waals surface area contributed by atoms with Crippen LogP contribution in [0.25, 0.3) is 10.9 Å². The van der Waals surface area contributed by atoms with Gasteiger partial charge in [0.05, 0.1) is 10.4 Å². The molecular weight excluding hydrogens is 324 g/mol. The zero-order valence-corrected chi connectivity index (χ0v) is 12.2. The Bertz CT molecular complexity index is 782. The maximum absolute atomic E-state index is 12.4. The van der Waals surface area contributed by atoms with Crippen molar-refractivity contribution in [1.29, 1.82) is 0 Å². The Balaban J connectivity index is 2.16. The van der Waals surface area contributed by atoms with E-state index in [0.29, 0.717) is 16.3 Å². The number of ketones is 1. The summed E-state index contributed by atoms with van der Waals surface area (Å²) in [7, 11) is 0. The van der Waals surface area contributed by atoms with Gasteiger partial charge in [-0.3, -0.25) is 4.79 Å². The quantitative estimate of drug-likeness (QED) is 0.724. The Hall–Kier alpha value is -1.72. The van der Waals surface area contributed by atoms with E-state index < -0.39 is 0 Å². The maximum atomic E-state index is 12.4. The molecule has 0 fully saturated rings. The summed E-state index contributed by atoms with van der Waals surface area (Å²) in [4.78, 5) is 17.4. The first-order valence-corrected chi connectivity index (χ1v) is 7.27. The molecule has 1 aromatic carbocycles. The molecule has 0 amide bonds. The number of halogens is 1. The average molecular weight is 333 g/mol. The summed E-state index contributed by atoms with van der Waals surface area (Å²) in [5.74, 6) is -0.112. The fraction of sp³-hybridized carbons (Fsp3) is 0. The second kappa shape index (κ2) is 4.75. The van der Waals surface area contributed by atoms with E-state index in [1.807, 2.05) is 35.7 Å². The largest absolute Gasteiger partial charge is 0.398 e. The fourth-order valence-electron chi connectivity index (χ4n) is 1.89. The van der Waals surface area contributed by atoms with Crippen molar-refractivity contribution < 1.29 is 4.79 Å². The average Bonchev–Trinajstić information content (AvgIpc) is 2.84. The van der Waals surface area contributed by atoms with Crippen LogP contribution in [-0.2, 0) is 0 Å². The van der Waals surface area contributed by atoms with Crippen molar-refractivity contribution in [3.05, 3.63) is 56.8 Å². The molecule has 0 aliphatic heterocycles. The predicted molar refractivity (Wildman–Crippen MR) is 81.6 cm³/mol. The molecule has 0 bridgehead atoms. The molecule has 0 radical (unpaired) electrons. The second-order valence-electron chi connectivity index (χ2n) is 4.04. The number of carbonyl (C=O) groups excluding carboxylic acids is 1. The number of rotatable bonds is 2. The highest BCUT2D eigenvalue weighted by Gasteiger charge is 2.16. The first-order valence-electron chi connectivity index (χ1n) is 5.60. The Kier molecular flexibility index (Phi) is 3.08. The lowest BCUT2D eigenvalue weighted by Gasteiger charge is -2.05. The van der Waals surface area contributed by atoms with E-state index in [-0.39, 0.29) is 5.78 Å². The summed E-state index contributed by atoms with van der Waals surface area (Å²) in [5, 5.41) is 2.73. The fourth-order valence-corrected chi connectivity index (χ4v) is 3.39. The number of carbonyl (C=O) groups is 1. The molecule has 2 aromatic heterocycles. The molecule has 5 heteroatoms. The molecule has 3 rings (SSSR count). The summed E-state index contributed by atoms with van der Waals surface area (Å²) >= 11 is 4.75. The van der Waals surface area contributed by atoms with Crippen molar-refractivity contribution in [2.24, 2.45) is 0 Å². The molecule has 19 heavy (non-hydrogen) atoms. The van der Waals surface area contributed by atoms with E-state index >= 15 is 0 Å². The van der Waals surface area contributed by atoms with E-state index in [0.717, 1.165) is 15.4 Å². The van der Waals surface area contributed by atoms with Crippen molar-refractivity contribution in [3.63, 3.8) is 0 Å². The van der Waals surface area contributed by atoms with E-state index in [4.69, 9.17) is 5.73 Å². The van der Waals surface area contributed by atoms with Crippen molar-refractivity contribution in [1.82, 2.24) is 4.98 Å². The number of thiophene rings is 1. The van der Waals surface area contributed by atoms with Gasteiger partial charge in [-0.05, 0) is 39.5 Å². The molecule has 3 aromatic rings. The number of pyridine rings is 1. The zero-order chi connectivity index (χ0) is 13.4. The van der Waals surface area contributed by atoms with Crippen LogP contribution >= 0.6 is 27.3 Å².